The number of pyridine rings is 1. The Bertz CT molecular complexity index is 1420. The molecular weight excluding hydrogens is 479 g/mol. The van der Waals surface area contributed by atoms with Crippen LogP contribution in [-0.4, -0.2) is 61.7 Å². The molecule has 12 heteroatoms. The first kappa shape index (κ1) is 24.8. The van der Waals surface area contributed by atoms with Crippen LogP contribution >= 0.6 is 0 Å². The zero-order chi connectivity index (χ0) is 26.1. The summed E-state index contributed by atoms with van der Waals surface area (Å²) in [6, 6.07) is 6.87. The van der Waals surface area contributed by atoms with E-state index < -0.39 is 18.0 Å². The lowest BCUT2D eigenvalue weighted by atomic mass is 10.0. The predicted octanol–water partition coefficient (Wildman–Crippen LogP) is 2.71. The number of halogens is 1. The Labute approximate surface area is 212 Å². The lowest BCUT2D eigenvalue weighted by molar-refractivity contribution is 0.0906. The number of nitrogens with one attached hydrogen (secondary N) is 3. The van der Waals surface area contributed by atoms with Crippen molar-refractivity contribution in [2.45, 2.75) is 51.9 Å². The fourth-order valence-corrected chi connectivity index (χ4v) is 4.50. The third-order valence-electron chi connectivity index (χ3n) is 6.36. The number of nitrogens with zero attached hydrogens (tertiary/aromatic N) is 5. The Hall–Kier alpha value is -3.90. The molecule has 4 N–H and O–H groups in total. The van der Waals surface area contributed by atoms with E-state index in [0.717, 1.165) is 29.7 Å². The van der Waals surface area contributed by atoms with E-state index >= 15 is 4.39 Å². The number of aromatic nitrogens is 5. The van der Waals surface area contributed by atoms with Crippen molar-refractivity contribution in [1.82, 2.24) is 36.0 Å². The topological polar surface area (TPSA) is 145 Å². The smallest absolute Gasteiger partial charge is 0.315 e. The Kier molecular flexibility index (Phi) is 6.85. The molecule has 1 unspecified atom stereocenters. The molecule has 1 aliphatic heterocycles. The molecule has 4 aromatic rings. The van der Waals surface area contributed by atoms with E-state index in [9.17, 15) is 9.90 Å². The zero-order valence-electron chi connectivity index (χ0n) is 20.8. The number of anilines is 1. The van der Waals surface area contributed by atoms with Gasteiger partial charge < -0.3 is 19.8 Å². The summed E-state index contributed by atoms with van der Waals surface area (Å²) >= 11 is 0. The van der Waals surface area contributed by atoms with Crippen molar-refractivity contribution in [1.29, 1.82) is 0 Å². The molecule has 1 amide bonds. The highest BCUT2D eigenvalue weighted by Gasteiger charge is 2.27. The molecule has 0 spiro atoms. The van der Waals surface area contributed by atoms with Crippen LogP contribution in [0.4, 0.5) is 10.2 Å². The molecule has 4 heterocycles. The van der Waals surface area contributed by atoms with E-state index in [0.29, 0.717) is 29.1 Å². The van der Waals surface area contributed by atoms with Gasteiger partial charge in [0.05, 0.1) is 5.39 Å². The van der Waals surface area contributed by atoms with Crippen LogP contribution in [0.25, 0.3) is 22.2 Å². The molecule has 194 valence electrons. The molecule has 5 rings (SSSR count). The van der Waals surface area contributed by atoms with Crippen molar-refractivity contribution in [2.24, 2.45) is 0 Å². The van der Waals surface area contributed by atoms with Crippen LogP contribution < -0.4 is 15.5 Å². The average Bonchev–Trinajstić information content (AvgIpc) is 3.62. The molecule has 0 radical (unpaired) electrons. The molecule has 11 nitrogen and oxygen atoms in total. The van der Waals surface area contributed by atoms with E-state index in [2.05, 4.69) is 40.9 Å². The van der Waals surface area contributed by atoms with Gasteiger partial charge in [0.2, 0.25) is 0 Å². The molecule has 0 bridgehead atoms. The first-order valence-corrected chi connectivity index (χ1v) is 12.2. The summed E-state index contributed by atoms with van der Waals surface area (Å²) in [5, 5.41) is 27.5. The Morgan fingerprint density at radius 1 is 1.32 bits per heavy atom. The number of H-pyrrole nitrogens is 1. The van der Waals surface area contributed by atoms with E-state index in [1.165, 1.54) is 6.07 Å². The van der Waals surface area contributed by atoms with Crippen molar-refractivity contribution in [3.05, 3.63) is 53.6 Å². The molecule has 1 saturated heterocycles. The van der Waals surface area contributed by atoms with Gasteiger partial charge in [-0.25, -0.2) is 9.37 Å². The van der Waals surface area contributed by atoms with Crippen LogP contribution in [0.3, 0.4) is 0 Å². The highest BCUT2D eigenvalue weighted by molar-refractivity contribution is 6.00. The zero-order valence-corrected chi connectivity index (χ0v) is 20.8. The number of aliphatic hydroxyl groups is 1. The van der Waals surface area contributed by atoms with E-state index in [4.69, 9.17) is 4.52 Å². The highest BCUT2D eigenvalue weighted by Crippen LogP contribution is 2.35. The fourth-order valence-electron chi connectivity index (χ4n) is 4.50. The standard InChI is InChI=1S/C25H29FN8O3/c1-13(2)21-30-25(37-33-21)24(36)28-11-16-5-4-15(10-19(16)26)18-6-8-27-22-20(18)23(32-31-22)34-9-7-17(12-34)29-14(3)35/h4-6,8,10,13-14,17,29,35H,7,9,11-12H2,1-3H3,(H,28,36)(H,27,31,32)/t14?,17-/m1/s1. The molecule has 3 aromatic heterocycles. The van der Waals surface area contributed by atoms with Crippen LogP contribution in [0.5, 0.6) is 0 Å². The monoisotopic (exact) mass is 508 g/mol. The lowest BCUT2D eigenvalue weighted by Gasteiger charge is -2.18. The first-order chi connectivity index (χ1) is 17.8. The molecule has 1 fully saturated rings. The van der Waals surface area contributed by atoms with Gasteiger partial charge in [-0.15, -0.1) is 0 Å². The number of fused-ring (bicyclic) bond motifs is 1. The second-order valence-corrected chi connectivity index (χ2v) is 9.50. The SMILES string of the molecule is CC(O)N[C@@H]1CCN(c2n[nH]c3nccc(-c4ccc(CNC(=O)c5nc(C(C)C)no5)c(F)c4)c23)C1. The van der Waals surface area contributed by atoms with Gasteiger partial charge in [-0.2, -0.15) is 10.1 Å². The molecule has 0 saturated carbocycles. The highest BCUT2D eigenvalue weighted by atomic mass is 19.1. The summed E-state index contributed by atoms with van der Waals surface area (Å²) in [5.74, 6) is 0.0368. The maximum absolute atomic E-state index is 15.1. The first-order valence-electron chi connectivity index (χ1n) is 12.2. The Morgan fingerprint density at radius 3 is 2.89 bits per heavy atom. The number of aliphatic hydroxyl groups excluding tert-OH is 1. The molecule has 1 aliphatic rings. The average molecular weight is 509 g/mol. The largest absolute Gasteiger partial charge is 0.379 e. The molecule has 2 atom stereocenters. The van der Waals surface area contributed by atoms with Gasteiger partial charge in [-0.05, 0) is 36.6 Å². The maximum Gasteiger partial charge on any atom is 0.315 e. The van der Waals surface area contributed by atoms with Crippen LogP contribution in [0.1, 0.15) is 55.2 Å². The van der Waals surface area contributed by atoms with Crippen LogP contribution in [0, 0.1) is 5.82 Å². The number of carbonyl (C=O) groups excluding carboxylic acids is 1. The van der Waals surface area contributed by atoms with Gasteiger partial charge >= 0.3 is 11.8 Å². The fraction of sp³-hybridized carbons (Fsp3) is 0.400. The third kappa shape index (κ3) is 5.16. The summed E-state index contributed by atoms with van der Waals surface area (Å²) in [6.07, 6.45) is 1.93. The van der Waals surface area contributed by atoms with Crippen molar-refractivity contribution in [3.8, 4) is 11.1 Å². The van der Waals surface area contributed by atoms with E-state index in [-0.39, 0.29) is 24.4 Å². The van der Waals surface area contributed by atoms with Crippen molar-refractivity contribution >= 4 is 22.8 Å². The Balaban J connectivity index is 1.35. The minimum absolute atomic E-state index is 0.0264. The number of rotatable bonds is 8. The van der Waals surface area contributed by atoms with Gasteiger partial charge in [0.1, 0.15) is 12.0 Å². The minimum atomic E-state index is -0.589. The second-order valence-electron chi connectivity index (χ2n) is 9.50. The summed E-state index contributed by atoms with van der Waals surface area (Å²) in [5.41, 5.74) is 2.39. The Morgan fingerprint density at radius 2 is 2.16 bits per heavy atom. The number of aromatic amines is 1. The number of hydrogen-bond acceptors (Lipinski definition) is 9. The third-order valence-corrected chi connectivity index (χ3v) is 6.36. The van der Waals surface area contributed by atoms with Crippen molar-refractivity contribution < 1.29 is 18.8 Å². The summed E-state index contributed by atoms with van der Waals surface area (Å²) in [6.45, 7) is 6.91. The number of carbonyl (C=O) groups is 1. The number of benzene rings is 1. The molecular formula is C25H29FN8O3. The van der Waals surface area contributed by atoms with Crippen LogP contribution in [0.15, 0.2) is 35.0 Å². The summed E-state index contributed by atoms with van der Waals surface area (Å²) in [7, 11) is 0. The van der Waals surface area contributed by atoms with Crippen molar-refractivity contribution in [2.75, 3.05) is 18.0 Å². The second kappa shape index (κ2) is 10.2. The lowest BCUT2D eigenvalue weighted by Crippen LogP contribution is -2.38. The minimum Gasteiger partial charge on any atom is -0.379 e. The van der Waals surface area contributed by atoms with Gasteiger partial charge in [-0.1, -0.05) is 31.1 Å². The number of hydrogen-bond donors (Lipinski definition) is 4. The van der Waals surface area contributed by atoms with E-state index in [1.807, 2.05) is 26.0 Å². The number of amides is 1. The molecule has 37 heavy (non-hydrogen) atoms. The van der Waals surface area contributed by atoms with Crippen LogP contribution in [-0.2, 0) is 6.54 Å². The molecule has 1 aromatic carbocycles. The predicted molar refractivity (Wildman–Crippen MR) is 134 cm³/mol. The van der Waals surface area contributed by atoms with Crippen molar-refractivity contribution in [3.63, 3.8) is 0 Å². The molecule has 0 aliphatic carbocycles. The van der Waals surface area contributed by atoms with Gasteiger partial charge in [0, 0.05) is 43.4 Å². The van der Waals surface area contributed by atoms with Gasteiger partial charge in [0.15, 0.2) is 17.3 Å². The maximum atomic E-state index is 15.1. The normalized spacial score (nSPS) is 16.6. The summed E-state index contributed by atoms with van der Waals surface area (Å²) < 4.78 is 20.1. The summed E-state index contributed by atoms with van der Waals surface area (Å²) in [4.78, 5) is 22.9. The van der Waals surface area contributed by atoms with Gasteiger partial charge in [-0.3, -0.25) is 15.2 Å². The van der Waals surface area contributed by atoms with Gasteiger partial charge in [0.25, 0.3) is 0 Å². The quantitative estimate of drug-likeness (QED) is 0.264. The van der Waals surface area contributed by atoms with Crippen LogP contribution in [0.2, 0.25) is 0 Å². The van der Waals surface area contributed by atoms with E-state index in [1.54, 1.807) is 19.2 Å².